The Hall–Kier alpha value is -2.75. The van der Waals surface area contributed by atoms with Gasteiger partial charge in [0.25, 0.3) is 0 Å². The second-order valence-corrected chi connectivity index (χ2v) is 10.2. The summed E-state index contributed by atoms with van der Waals surface area (Å²) in [6.07, 6.45) is 1.54. The zero-order valence-corrected chi connectivity index (χ0v) is 21.3. The lowest BCUT2D eigenvalue weighted by Gasteiger charge is -2.35. The van der Waals surface area contributed by atoms with Gasteiger partial charge in [-0.05, 0) is 42.0 Å². The Bertz CT molecular complexity index is 1180. The number of aromatic nitrogens is 3. The molecule has 1 amide bonds. The highest BCUT2D eigenvalue weighted by Crippen LogP contribution is 2.54. The lowest BCUT2D eigenvalue weighted by molar-refractivity contribution is -0.129. The molecule has 8 nitrogen and oxygen atoms in total. The smallest absolute Gasteiger partial charge is 0.219 e. The van der Waals surface area contributed by atoms with Crippen molar-refractivity contribution in [2.45, 2.75) is 23.2 Å². The first-order valence-electron chi connectivity index (χ1n) is 11.6. The van der Waals surface area contributed by atoms with E-state index in [0.717, 1.165) is 53.9 Å². The molecule has 5 rings (SSSR count). The molecule has 3 heterocycles. The number of aryl methyl sites for hydroxylation is 1. The van der Waals surface area contributed by atoms with Crippen LogP contribution in [-0.2, 0) is 16.6 Å². The van der Waals surface area contributed by atoms with E-state index in [2.05, 4.69) is 27.1 Å². The van der Waals surface area contributed by atoms with Gasteiger partial charge in [-0.25, -0.2) is 4.98 Å². The largest absolute Gasteiger partial charge is 0.491 e. The first-order valence-corrected chi connectivity index (χ1v) is 12.9. The molecule has 0 aliphatic carbocycles. The van der Waals surface area contributed by atoms with Crippen LogP contribution in [0.4, 0.5) is 5.69 Å². The highest BCUT2D eigenvalue weighted by molar-refractivity contribution is 8.00. The second kappa shape index (κ2) is 10.5. The van der Waals surface area contributed by atoms with Crippen LogP contribution in [0.5, 0.6) is 5.75 Å². The quantitative estimate of drug-likeness (QED) is 0.440. The van der Waals surface area contributed by atoms with Gasteiger partial charge in [-0.2, -0.15) is 5.10 Å². The van der Waals surface area contributed by atoms with Gasteiger partial charge in [0, 0.05) is 55.8 Å². The molecule has 2 aliphatic heterocycles. The molecule has 10 heteroatoms. The topological polar surface area (TPSA) is 72.7 Å². The number of rotatable bonds is 7. The van der Waals surface area contributed by atoms with E-state index in [9.17, 15) is 4.79 Å². The van der Waals surface area contributed by atoms with Gasteiger partial charge in [0.15, 0.2) is 5.82 Å². The molecule has 0 radical (unpaired) electrons. The highest BCUT2D eigenvalue weighted by Gasteiger charge is 2.37. The van der Waals surface area contributed by atoms with Crippen molar-refractivity contribution >= 4 is 35.0 Å². The maximum Gasteiger partial charge on any atom is 0.219 e. The van der Waals surface area contributed by atoms with Gasteiger partial charge in [-0.1, -0.05) is 17.7 Å². The van der Waals surface area contributed by atoms with Gasteiger partial charge in [0.05, 0.1) is 6.61 Å². The first-order chi connectivity index (χ1) is 17.0. The molecule has 1 saturated heterocycles. The average Bonchev–Trinajstić information content (AvgIpc) is 3.45. The number of fused-ring (bicyclic) bond motifs is 1. The summed E-state index contributed by atoms with van der Waals surface area (Å²) in [5, 5.41) is 5.17. The normalized spacial score (nSPS) is 19.6. The van der Waals surface area contributed by atoms with Gasteiger partial charge in [-0.15, -0.1) is 11.8 Å². The monoisotopic (exact) mass is 513 g/mol. The summed E-state index contributed by atoms with van der Waals surface area (Å²) in [6.45, 7) is 5.69. The van der Waals surface area contributed by atoms with Crippen LogP contribution in [0, 0.1) is 0 Å². The number of halogens is 1. The number of benzene rings is 2. The van der Waals surface area contributed by atoms with Crippen molar-refractivity contribution in [2.24, 2.45) is 7.05 Å². The Morgan fingerprint density at radius 2 is 1.89 bits per heavy atom. The van der Waals surface area contributed by atoms with Gasteiger partial charge in [-0.3, -0.25) is 9.48 Å². The van der Waals surface area contributed by atoms with E-state index >= 15 is 0 Å². The number of anilines is 1. The van der Waals surface area contributed by atoms with E-state index in [1.165, 1.54) is 0 Å². The number of thioether (sulfide) groups is 1. The molecule has 1 fully saturated rings. The Kier molecular flexibility index (Phi) is 7.17. The minimum atomic E-state index is -0.172. The third kappa shape index (κ3) is 5.42. The summed E-state index contributed by atoms with van der Waals surface area (Å²) in [5.74, 6) is 1.69. The van der Waals surface area contributed by atoms with Crippen molar-refractivity contribution in [3.63, 3.8) is 0 Å². The fourth-order valence-corrected chi connectivity index (χ4v) is 6.01. The van der Waals surface area contributed by atoms with Crippen LogP contribution >= 0.6 is 23.4 Å². The van der Waals surface area contributed by atoms with Crippen LogP contribution in [-0.4, -0.2) is 65.0 Å². The van der Waals surface area contributed by atoms with Crippen molar-refractivity contribution < 1.29 is 14.3 Å². The molecule has 0 N–H and O–H groups in total. The molecule has 0 spiro atoms. The Morgan fingerprint density at radius 1 is 1.11 bits per heavy atom. The summed E-state index contributed by atoms with van der Waals surface area (Å²) in [5.41, 5.74) is 2.24. The number of hydrogen-bond donors (Lipinski definition) is 0. The number of nitrogens with zero attached hydrogens (tertiary/aromatic N) is 5. The lowest BCUT2D eigenvalue weighted by Crippen LogP contribution is -2.48. The van der Waals surface area contributed by atoms with Gasteiger partial charge < -0.3 is 19.3 Å². The predicted molar refractivity (Wildman–Crippen MR) is 136 cm³/mol. The van der Waals surface area contributed by atoms with E-state index in [-0.39, 0.29) is 17.3 Å². The van der Waals surface area contributed by atoms with Gasteiger partial charge >= 0.3 is 0 Å². The molecule has 0 saturated carbocycles. The number of carbonyl (C=O) groups excluding carboxylic acids is 1. The SMILES string of the molecule is CC(=O)N1CCN(c2ccc(OCCO[C@H]3c4ccc(Cl)cc4S[C@H]3c3ncn(C)n3)cc2)CC1. The maximum absolute atomic E-state index is 11.5. The van der Waals surface area contributed by atoms with E-state index in [4.69, 9.17) is 21.1 Å². The van der Waals surface area contributed by atoms with E-state index in [1.807, 2.05) is 42.3 Å². The van der Waals surface area contributed by atoms with Crippen molar-refractivity contribution in [2.75, 3.05) is 44.3 Å². The number of ether oxygens (including phenoxy) is 2. The van der Waals surface area contributed by atoms with Gasteiger partial charge in [0.1, 0.15) is 30.0 Å². The fraction of sp³-hybridized carbons (Fsp3) is 0.400. The number of hydrogen-bond acceptors (Lipinski definition) is 7. The van der Waals surface area contributed by atoms with E-state index in [0.29, 0.717) is 18.2 Å². The van der Waals surface area contributed by atoms with E-state index < -0.39 is 0 Å². The molecular formula is C25H28ClN5O3S. The maximum atomic E-state index is 11.5. The minimum absolute atomic E-state index is 0.0348. The van der Waals surface area contributed by atoms with Crippen molar-refractivity contribution in [1.29, 1.82) is 0 Å². The Labute approximate surface area is 214 Å². The molecule has 0 unspecified atom stereocenters. The van der Waals surface area contributed by atoms with Crippen molar-refractivity contribution in [1.82, 2.24) is 19.7 Å². The highest BCUT2D eigenvalue weighted by atomic mass is 35.5. The first kappa shape index (κ1) is 24.0. The van der Waals surface area contributed by atoms with Crippen LogP contribution in [0.25, 0.3) is 0 Å². The molecule has 0 bridgehead atoms. The van der Waals surface area contributed by atoms with Crippen LogP contribution < -0.4 is 9.64 Å². The summed E-state index contributed by atoms with van der Waals surface area (Å²) < 4.78 is 14.0. The standard InChI is InChI=1S/C25H28ClN5O3S/c1-17(32)30-9-11-31(12-10-30)19-4-6-20(7-5-19)33-13-14-34-23-21-8-3-18(26)15-22(21)35-24(23)25-27-16-29(2)28-25/h3-8,15-16,23-24H,9-14H2,1-2H3/t23-,24+/m0/s1. The zero-order valence-electron chi connectivity index (χ0n) is 19.8. The third-order valence-corrected chi connectivity index (χ3v) is 7.81. The van der Waals surface area contributed by atoms with Crippen LogP contribution in [0.3, 0.4) is 0 Å². The summed E-state index contributed by atoms with van der Waals surface area (Å²) in [6, 6.07) is 14.0. The molecule has 2 atom stereocenters. The van der Waals surface area contributed by atoms with Crippen molar-refractivity contribution in [3.8, 4) is 5.75 Å². The van der Waals surface area contributed by atoms with E-state index in [1.54, 1.807) is 29.7 Å². The number of piperazine rings is 1. The predicted octanol–water partition coefficient (Wildman–Crippen LogP) is 4.12. The van der Waals surface area contributed by atoms with Crippen LogP contribution in [0.2, 0.25) is 5.02 Å². The lowest BCUT2D eigenvalue weighted by atomic mass is 10.1. The molecule has 35 heavy (non-hydrogen) atoms. The van der Waals surface area contributed by atoms with Crippen molar-refractivity contribution in [3.05, 3.63) is 65.2 Å². The fourth-order valence-electron chi connectivity index (χ4n) is 4.43. The van der Waals surface area contributed by atoms with Gasteiger partial charge in [0.2, 0.25) is 5.91 Å². The molecular weight excluding hydrogens is 486 g/mol. The summed E-state index contributed by atoms with van der Waals surface area (Å²) in [4.78, 5) is 21.3. The molecule has 2 aliphatic rings. The molecule has 2 aromatic carbocycles. The third-order valence-electron chi connectivity index (χ3n) is 6.26. The summed E-state index contributed by atoms with van der Waals surface area (Å²) >= 11 is 7.90. The van der Waals surface area contributed by atoms with Crippen LogP contribution in [0.15, 0.2) is 53.7 Å². The number of amides is 1. The Balaban J connectivity index is 1.16. The minimum Gasteiger partial charge on any atom is -0.491 e. The van der Waals surface area contributed by atoms with Crippen LogP contribution in [0.1, 0.15) is 29.7 Å². The Morgan fingerprint density at radius 3 is 2.57 bits per heavy atom. The number of carbonyl (C=O) groups is 1. The molecule has 184 valence electrons. The molecule has 1 aromatic heterocycles. The molecule has 3 aromatic rings. The summed E-state index contributed by atoms with van der Waals surface area (Å²) in [7, 11) is 1.86. The second-order valence-electron chi connectivity index (χ2n) is 8.62. The zero-order chi connectivity index (χ0) is 24.4. The average molecular weight is 514 g/mol.